The Morgan fingerprint density at radius 1 is 0.700 bits per heavy atom. The van der Waals surface area contributed by atoms with Crippen molar-refractivity contribution in [2.45, 2.75) is 0 Å². The number of aromatic amines is 1. The van der Waals surface area contributed by atoms with Crippen molar-refractivity contribution in [1.82, 2.24) is 4.98 Å². The minimum Gasteiger partial charge on any atom is -0.354 e. The zero-order chi connectivity index (χ0) is 13.1. The number of rotatable bonds is 0. The molecular weight excluding hydrogens is 262 g/mol. The van der Waals surface area contributed by atoms with Gasteiger partial charge in [0.25, 0.3) is 0 Å². The Balaban J connectivity index is 2.20. The molecule has 5 rings (SSSR count). The van der Waals surface area contributed by atoms with Crippen LogP contribution in [0, 0.1) is 0 Å². The van der Waals surface area contributed by atoms with Crippen LogP contribution in [-0.4, -0.2) is 4.98 Å². The average molecular weight is 273 g/mol. The summed E-state index contributed by atoms with van der Waals surface area (Å²) in [4.78, 5) is 3.56. The topological polar surface area (TPSA) is 15.8 Å². The number of benzene rings is 3. The van der Waals surface area contributed by atoms with E-state index in [1.165, 1.54) is 42.7 Å². The summed E-state index contributed by atoms with van der Waals surface area (Å²) in [5.74, 6) is 0. The number of H-pyrrole nitrogens is 1. The van der Waals surface area contributed by atoms with Gasteiger partial charge in [-0.15, -0.1) is 11.3 Å². The summed E-state index contributed by atoms with van der Waals surface area (Å²) in [6.07, 6.45) is 0. The lowest BCUT2D eigenvalue weighted by Gasteiger charge is -2.00. The van der Waals surface area contributed by atoms with Gasteiger partial charge in [-0.2, -0.15) is 0 Å². The Bertz CT molecular complexity index is 1100. The van der Waals surface area contributed by atoms with Gasteiger partial charge in [0.05, 0.1) is 0 Å². The molecule has 0 aliphatic heterocycles. The zero-order valence-corrected chi connectivity index (χ0v) is 11.5. The molecule has 0 atom stereocenters. The SMILES string of the molecule is c1ccc2c(c1)ccc1[nH]c3ccc4sccc4c3c12. The van der Waals surface area contributed by atoms with Crippen molar-refractivity contribution in [3.63, 3.8) is 0 Å². The Kier molecular flexibility index (Phi) is 1.89. The Hall–Kier alpha value is -2.32. The van der Waals surface area contributed by atoms with E-state index >= 15 is 0 Å². The third kappa shape index (κ3) is 1.22. The predicted octanol–water partition coefficient (Wildman–Crippen LogP) is 5.69. The third-order valence-electron chi connectivity index (χ3n) is 4.08. The number of thiophene rings is 1. The van der Waals surface area contributed by atoms with E-state index in [0.29, 0.717) is 0 Å². The molecule has 94 valence electrons. The predicted molar refractivity (Wildman–Crippen MR) is 88.7 cm³/mol. The number of fused-ring (bicyclic) bond motifs is 7. The molecular formula is C18H11NS. The molecule has 0 amide bonds. The summed E-state index contributed by atoms with van der Waals surface area (Å²) in [6.45, 7) is 0. The molecule has 0 saturated heterocycles. The van der Waals surface area contributed by atoms with Gasteiger partial charge in [-0.3, -0.25) is 0 Å². The van der Waals surface area contributed by atoms with Crippen LogP contribution in [-0.2, 0) is 0 Å². The van der Waals surface area contributed by atoms with Gasteiger partial charge >= 0.3 is 0 Å². The fraction of sp³-hybridized carbons (Fsp3) is 0. The van der Waals surface area contributed by atoms with Gasteiger partial charge in [-0.25, -0.2) is 0 Å². The second-order valence-corrected chi connectivity index (χ2v) is 6.10. The zero-order valence-electron chi connectivity index (χ0n) is 10.7. The quantitative estimate of drug-likeness (QED) is 0.373. The second kappa shape index (κ2) is 3.62. The van der Waals surface area contributed by atoms with Crippen LogP contribution in [0.15, 0.2) is 60.0 Å². The number of hydrogen-bond acceptors (Lipinski definition) is 1. The molecule has 2 heterocycles. The van der Waals surface area contributed by atoms with Crippen molar-refractivity contribution in [3.05, 3.63) is 60.0 Å². The smallest absolute Gasteiger partial charge is 0.0472 e. The summed E-state index contributed by atoms with van der Waals surface area (Å²) >= 11 is 1.81. The van der Waals surface area contributed by atoms with E-state index in [9.17, 15) is 0 Å². The van der Waals surface area contributed by atoms with Crippen LogP contribution in [0.5, 0.6) is 0 Å². The molecule has 2 aromatic heterocycles. The molecule has 5 aromatic rings. The van der Waals surface area contributed by atoms with E-state index in [4.69, 9.17) is 0 Å². The van der Waals surface area contributed by atoms with Crippen LogP contribution in [0.3, 0.4) is 0 Å². The molecule has 3 aromatic carbocycles. The van der Waals surface area contributed by atoms with Crippen LogP contribution in [0.25, 0.3) is 42.7 Å². The van der Waals surface area contributed by atoms with Crippen molar-refractivity contribution in [2.75, 3.05) is 0 Å². The molecule has 0 aliphatic rings. The molecule has 0 aliphatic carbocycles. The standard InChI is InChI=1S/C18H11NS/c1-2-4-12-11(3-1)5-6-14-17(12)18-13-9-10-20-16(13)8-7-15(18)19-14/h1-10,19H. The molecule has 0 spiro atoms. The first-order chi connectivity index (χ1) is 9.92. The lowest BCUT2D eigenvalue weighted by molar-refractivity contribution is 1.56. The fourth-order valence-electron chi connectivity index (χ4n) is 3.21. The Morgan fingerprint density at radius 3 is 2.45 bits per heavy atom. The number of aromatic nitrogens is 1. The highest BCUT2D eigenvalue weighted by atomic mass is 32.1. The minimum atomic E-state index is 1.22. The maximum absolute atomic E-state index is 3.56. The van der Waals surface area contributed by atoms with E-state index in [0.717, 1.165) is 0 Å². The lowest BCUT2D eigenvalue weighted by Crippen LogP contribution is -1.74. The largest absolute Gasteiger partial charge is 0.354 e. The van der Waals surface area contributed by atoms with Crippen molar-refractivity contribution >= 4 is 54.0 Å². The summed E-state index contributed by atoms with van der Waals surface area (Å²) in [6, 6.07) is 19.6. The van der Waals surface area contributed by atoms with E-state index in [-0.39, 0.29) is 0 Å². The van der Waals surface area contributed by atoms with Gasteiger partial charge in [0.1, 0.15) is 0 Å². The summed E-state index contributed by atoms with van der Waals surface area (Å²) in [5, 5.41) is 8.87. The highest BCUT2D eigenvalue weighted by molar-refractivity contribution is 7.17. The van der Waals surface area contributed by atoms with Gasteiger partial charge in [0.15, 0.2) is 0 Å². The maximum atomic E-state index is 3.56. The lowest BCUT2D eigenvalue weighted by atomic mass is 10.0. The van der Waals surface area contributed by atoms with Gasteiger partial charge < -0.3 is 4.98 Å². The molecule has 0 bridgehead atoms. The molecule has 2 heteroatoms. The fourth-order valence-corrected chi connectivity index (χ4v) is 4.00. The Labute approximate surface area is 119 Å². The molecule has 0 saturated carbocycles. The molecule has 20 heavy (non-hydrogen) atoms. The van der Waals surface area contributed by atoms with Crippen LogP contribution < -0.4 is 0 Å². The van der Waals surface area contributed by atoms with Crippen LogP contribution in [0.2, 0.25) is 0 Å². The highest BCUT2D eigenvalue weighted by Gasteiger charge is 2.11. The van der Waals surface area contributed by atoms with Crippen molar-refractivity contribution in [3.8, 4) is 0 Å². The summed E-state index contributed by atoms with van der Waals surface area (Å²) < 4.78 is 1.35. The number of hydrogen-bond donors (Lipinski definition) is 1. The van der Waals surface area contributed by atoms with Gasteiger partial charge in [-0.05, 0) is 40.4 Å². The van der Waals surface area contributed by atoms with E-state index < -0.39 is 0 Å². The van der Waals surface area contributed by atoms with Crippen LogP contribution >= 0.6 is 11.3 Å². The highest BCUT2D eigenvalue weighted by Crippen LogP contribution is 2.37. The number of nitrogens with one attached hydrogen (secondary N) is 1. The van der Waals surface area contributed by atoms with Crippen molar-refractivity contribution < 1.29 is 0 Å². The first-order valence-corrected chi connectivity index (χ1v) is 7.59. The monoisotopic (exact) mass is 273 g/mol. The van der Waals surface area contributed by atoms with Crippen molar-refractivity contribution in [2.24, 2.45) is 0 Å². The molecule has 1 N–H and O–H groups in total. The molecule has 1 nitrogen and oxygen atoms in total. The van der Waals surface area contributed by atoms with E-state index in [1.807, 2.05) is 0 Å². The van der Waals surface area contributed by atoms with Crippen LogP contribution in [0.4, 0.5) is 0 Å². The second-order valence-electron chi connectivity index (χ2n) is 5.15. The first kappa shape index (κ1) is 10.5. The van der Waals surface area contributed by atoms with Gasteiger partial charge in [0.2, 0.25) is 0 Å². The third-order valence-corrected chi connectivity index (χ3v) is 4.97. The normalized spacial score (nSPS) is 12.0. The maximum Gasteiger partial charge on any atom is 0.0472 e. The van der Waals surface area contributed by atoms with Crippen molar-refractivity contribution in [1.29, 1.82) is 0 Å². The Morgan fingerprint density at radius 2 is 1.50 bits per heavy atom. The molecule has 0 fully saturated rings. The summed E-state index contributed by atoms with van der Waals surface area (Å²) in [7, 11) is 0. The van der Waals surface area contributed by atoms with Gasteiger partial charge in [0, 0.05) is 31.9 Å². The average Bonchev–Trinajstić information content (AvgIpc) is 3.10. The first-order valence-electron chi connectivity index (χ1n) is 6.71. The van der Waals surface area contributed by atoms with E-state index in [2.05, 4.69) is 65.0 Å². The van der Waals surface area contributed by atoms with E-state index in [1.54, 1.807) is 11.3 Å². The minimum absolute atomic E-state index is 1.22. The summed E-state index contributed by atoms with van der Waals surface area (Å²) in [5.41, 5.74) is 2.44. The molecule has 0 radical (unpaired) electrons. The van der Waals surface area contributed by atoms with Gasteiger partial charge in [-0.1, -0.05) is 30.3 Å². The van der Waals surface area contributed by atoms with Crippen LogP contribution in [0.1, 0.15) is 0 Å². The molecule has 0 unspecified atom stereocenters.